The van der Waals surface area contributed by atoms with Gasteiger partial charge in [-0.1, -0.05) is 20.8 Å². The van der Waals surface area contributed by atoms with E-state index in [9.17, 15) is 0 Å². The van der Waals surface area contributed by atoms with E-state index < -0.39 is 0 Å². The Labute approximate surface area is 95.5 Å². The van der Waals surface area contributed by atoms with Crippen LogP contribution in [-0.4, -0.2) is 15.4 Å². The van der Waals surface area contributed by atoms with E-state index in [0.717, 1.165) is 11.0 Å². The molecule has 1 aromatic heterocycles. The van der Waals surface area contributed by atoms with Crippen LogP contribution in [0.4, 0.5) is 5.13 Å². The molecule has 1 aliphatic carbocycles. The van der Waals surface area contributed by atoms with Crippen molar-refractivity contribution in [1.82, 2.24) is 9.36 Å². The monoisotopic (exact) mass is 225 g/mol. The van der Waals surface area contributed by atoms with Gasteiger partial charge < -0.3 is 5.32 Å². The Bertz CT molecular complexity index is 336. The van der Waals surface area contributed by atoms with Gasteiger partial charge in [-0.05, 0) is 25.2 Å². The van der Waals surface area contributed by atoms with Gasteiger partial charge in [0, 0.05) is 23.5 Å². The van der Waals surface area contributed by atoms with Crippen LogP contribution in [0.2, 0.25) is 0 Å². The van der Waals surface area contributed by atoms with Crippen LogP contribution in [0.15, 0.2) is 0 Å². The summed E-state index contributed by atoms with van der Waals surface area (Å²) in [4.78, 5) is 4.52. The molecule has 0 saturated heterocycles. The minimum absolute atomic E-state index is 0.255. The Morgan fingerprint density at radius 1 is 1.40 bits per heavy atom. The van der Waals surface area contributed by atoms with Crippen LogP contribution < -0.4 is 5.32 Å². The molecule has 1 aromatic rings. The number of hydrogen-bond acceptors (Lipinski definition) is 4. The van der Waals surface area contributed by atoms with Crippen LogP contribution >= 0.6 is 11.5 Å². The molecule has 1 heterocycles. The van der Waals surface area contributed by atoms with Crippen molar-refractivity contribution in [2.24, 2.45) is 5.41 Å². The van der Waals surface area contributed by atoms with E-state index in [0.29, 0.717) is 12.0 Å². The Morgan fingerprint density at radius 3 is 2.60 bits per heavy atom. The molecule has 15 heavy (non-hydrogen) atoms. The van der Waals surface area contributed by atoms with Gasteiger partial charge in [0.1, 0.15) is 5.82 Å². The summed E-state index contributed by atoms with van der Waals surface area (Å²) in [5, 5.41) is 4.40. The first-order valence-corrected chi connectivity index (χ1v) is 6.34. The second-order valence-electron chi connectivity index (χ2n) is 5.46. The Balaban J connectivity index is 1.98. The highest BCUT2D eigenvalue weighted by atomic mass is 32.1. The zero-order valence-electron chi connectivity index (χ0n) is 9.87. The zero-order chi connectivity index (χ0) is 11.1. The van der Waals surface area contributed by atoms with Crippen LogP contribution in [0, 0.1) is 5.41 Å². The highest BCUT2D eigenvalue weighted by Crippen LogP contribution is 2.39. The van der Waals surface area contributed by atoms with Gasteiger partial charge in [-0.3, -0.25) is 0 Å². The smallest absolute Gasteiger partial charge is 0.202 e. The van der Waals surface area contributed by atoms with Crippen LogP contribution in [0.3, 0.4) is 0 Å². The highest BCUT2D eigenvalue weighted by Gasteiger charge is 2.28. The average Bonchev–Trinajstić information content (AvgIpc) is 2.87. The third kappa shape index (κ3) is 2.68. The number of aromatic nitrogens is 2. The van der Waals surface area contributed by atoms with Gasteiger partial charge in [0.05, 0.1) is 0 Å². The van der Waals surface area contributed by atoms with Crippen LogP contribution in [0.1, 0.15) is 52.3 Å². The molecule has 84 valence electrons. The predicted octanol–water partition coefficient (Wildman–Crippen LogP) is 3.26. The predicted molar refractivity (Wildman–Crippen MR) is 64.4 cm³/mol. The molecular weight excluding hydrogens is 206 g/mol. The van der Waals surface area contributed by atoms with Gasteiger partial charge >= 0.3 is 0 Å². The quantitative estimate of drug-likeness (QED) is 0.858. The summed E-state index contributed by atoms with van der Waals surface area (Å²) in [6.07, 6.45) is 2.54. The number of hydrogen-bond donors (Lipinski definition) is 1. The first-order valence-electron chi connectivity index (χ1n) is 5.57. The van der Waals surface area contributed by atoms with Crippen molar-refractivity contribution in [2.45, 2.75) is 52.5 Å². The summed E-state index contributed by atoms with van der Waals surface area (Å²) in [6.45, 7) is 8.88. The number of anilines is 1. The number of nitrogens with one attached hydrogen (secondary N) is 1. The van der Waals surface area contributed by atoms with E-state index >= 15 is 0 Å². The maximum absolute atomic E-state index is 4.52. The van der Waals surface area contributed by atoms with E-state index in [1.165, 1.54) is 24.4 Å². The normalized spacial score (nSPS) is 18.9. The van der Waals surface area contributed by atoms with E-state index in [1.807, 2.05) is 0 Å². The fourth-order valence-electron chi connectivity index (χ4n) is 1.20. The minimum atomic E-state index is 0.255. The highest BCUT2D eigenvalue weighted by molar-refractivity contribution is 7.09. The molecule has 0 amide bonds. The van der Waals surface area contributed by atoms with E-state index in [2.05, 4.69) is 42.4 Å². The lowest BCUT2D eigenvalue weighted by molar-refractivity contribution is 0.359. The van der Waals surface area contributed by atoms with Gasteiger partial charge in [0.15, 0.2) is 0 Å². The van der Waals surface area contributed by atoms with Gasteiger partial charge in [0.25, 0.3) is 0 Å². The Morgan fingerprint density at radius 2 is 2.07 bits per heavy atom. The maximum atomic E-state index is 4.52. The molecule has 0 aliphatic heterocycles. The van der Waals surface area contributed by atoms with Crippen molar-refractivity contribution >= 4 is 16.7 Å². The topological polar surface area (TPSA) is 37.8 Å². The molecule has 4 heteroatoms. The summed E-state index contributed by atoms with van der Waals surface area (Å²) >= 11 is 1.49. The largest absolute Gasteiger partial charge is 0.357 e. The lowest BCUT2D eigenvalue weighted by Crippen LogP contribution is -2.30. The Kier molecular flexibility index (Phi) is 2.71. The summed E-state index contributed by atoms with van der Waals surface area (Å²) in [7, 11) is 0. The molecule has 0 spiro atoms. The second kappa shape index (κ2) is 3.74. The van der Waals surface area contributed by atoms with Crippen LogP contribution in [-0.2, 0) is 0 Å². The third-order valence-corrected chi connectivity index (χ3v) is 3.68. The van der Waals surface area contributed by atoms with Gasteiger partial charge in [-0.2, -0.15) is 4.37 Å². The first-order chi connectivity index (χ1) is 6.97. The molecule has 1 saturated carbocycles. The van der Waals surface area contributed by atoms with Crippen molar-refractivity contribution in [3.63, 3.8) is 0 Å². The Hall–Kier alpha value is -0.640. The maximum Gasteiger partial charge on any atom is 0.202 e. The number of nitrogens with zero attached hydrogens (tertiary/aromatic N) is 2. The summed E-state index contributed by atoms with van der Waals surface area (Å²) < 4.78 is 4.38. The summed E-state index contributed by atoms with van der Waals surface area (Å²) in [6, 6.07) is 0.414. The average molecular weight is 225 g/mol. The summed E-state index contributed by atoms with van der Waals surface area (Å²) in [5.74, 6) is 1.70. The molecule has 3 nitrogen and oxygen atoms in total. The van der Waals surface area contributed by atoms with Crippen molar-refractivity contribution in [3.8, 4) is 0 Å². The lowest BCUT2D eigenvalue weighted by Gasteiger charge is -2.27. The van der Waals surface area contributed by atoms with Crippen molar-refractivity contribution < 1.29 is 0 Å². The number of rotatable bonds is 3. The molecule has 0 bridgehead atoms. The molecule has 1 aliphatic rings. The SMILES string of the molecule is CC(Nc1nc(C2CC2)ns1)C(C)(C)C. The molecular formula is C11H19N3S. The summed E-state index contributed by atoms with van der Waals surface area (Å²) in [5.41, 5.74) is 0.255. The standard InChI is InChI=1S/C11H19N3S/c1-7(11(2,3)4)12-10-13-9(14-15-10)8-5-6-8/h7-8H,5-6H2,1-4H3,(H,12,13,14). The fourth-order valence-corrected chi connectivity index (χ4v) is 1.94. The molecule has 2 rings (SSSR count). The van der Waals surface area contributed by atoms with E-state index in [-0.39, 0.29) is 5.41 Å². The minimum Gasteiger partial charge on any atom is -0.357 e. The lowest BCUT2D eigenvalue weighted by atomic mass is 9.88. The molecule has 1 unspecified atom stereocenters. The van der Waals surface area contributed by atoms with Crippen LogP contribution in [0.5, 0.6) is 0 Å². The molecule has 1 N–H and O–H groups in total. The van der Waals surface area contributed by atoms with Gasteiger partial charge in [-0.15, -0.1) is 0 Å². The van der Waals surface area contributed by atoms with E-state index in [1.54, 1.807) is 0 Å². The van der Waals surface area contributed by atoms with Crippen molar-refractivity contribution in [3.05, 3.63) is 5.82 Å². The fraction of sp³-hybridized carbons (Fsp3) is 0.818. The van der Waals surface area contributed by atoms with Crippen molar-refractivity contribution in [1.29, 1.82) is 0 Å². The zero-order valence-corrected chi connectivity index (χ0v) is 10.7. The van der Waals surface area contributed by atoms with Crippen LogP contribution in [0.25, 0.3) is 0 Å². The van der Waals surface area contributed by atoms with Gasteiger partial charge in [-0.25, -0.2) is 4.98 Å². The third-order valence-electron chi connectivity index (χ3n) is 3.02. The molecule has 1 atom stereocenters. The molecule has 1 fully saturated rings. The first kappa shape index (κ1) is 10.9. The van der Waals surface area contributed by atoms with Gasteiger partial charge in [0.2, 0.25) is 5.13 Å². The second-order valence-corrected chi connectivity index (χ2v) is 6.22. The molecule has 0 radical (unpaired) electrons. The van der Waals surface area contributed by atoms with Crippen molar-refractivity contribution in [2.75, 3.05) is 5.32 Å². The molecule has 0 aromatic carbocycles. The van der Waals surface area contributed by atoms with E-state index in [4.69, 9.17) is 0 Å².